The Morgan fingerprint density at radius 3 is 2.95 bits per heavy atom. The molecule has 0 spiro atoms. The Labute approximate surface area is 128 Å². The number of nitrogens with one attached hydrogen (secondary N) is 1. The lowest BCUT2D eigenvalue weighted by Gasteiger charge is -2.07. The Balaban J connectivity index is 1.73. The van der Waals surface area contributed by atoms with Crippen LogP contribution in [0.5, 0.6) is 0 Å². The highest BCUT2D eigenvalue weighted by molar-refractivity contribution is 7.14. The molecule has 1 atom stereocenters. The van der Waals surface area contributed by atoms with Crippen molar-refractivity contribution < 1.29 is 9.53 Å². The predicted molar refractivity (Wildman–Crippen MR) is 84.6 cm³/mol. The summed E-state index contributed by atoms with van der Waals surface area (Å²) in [5.41, 5.74) is 4.48. The highest BCUT2D eigenvalue weighted by Crippen LogP contribution is 2.27. The van der Waals surface area contributed by atoms with Gasteiger partial charge in [0.05, 0.1) is 5.69 Å². The number of hydrogen-bond acceptors (Lipinski definition) is 4. The van der Waals surface area contributed by atoms with Gasteiger partial charge in [-0.3, -0.25) is 10.1 Å². The normalized spacial score (nSPS) is 17.9. The summed E-state index contributed by atoms with van der Waals surface area (Å²) in [5.74, 6) is -0.0894. The zero-order valence-corrected chi connectivity index (χ0v) is 13.0. The van der Waals surface area contributed by atoms with Crippen molar-refractivity contribution >= 4 is 22.4 Å². The molecule has 5 heteroatoms. The SMILES string of the molecule is Cc1ccc(-c2csc(NC(=O)[C@@H]3CCCO3)n2)cc1C. The Bertz CT molecular complexity index is 660. The minimum Gasteiger partial charge on any atom is -0.368 e. The second kappa shape index (κ2) is 5.95. The van der Waals surface area contributed by atoms with Crippen molar-refractivity contribution in [2.75, 3.05) is 11.9 Å². The van der Waals surface area contributed by atoms with Crippen LogP contribution in [0.2, 0.25) is 0 Å². The van der Waals surface area contributed by atoms with Crippen molar-refractivity contribution in [3.8, 4) is 11.3 Å². The molecular formula is C16H18N2O2S. The zero-order chi connectivity index (χ0) is 14.8. The molecule has 0 saturated carbocycles. The molecule has 1 fully saturated rings. The van der Waals surface area contributed by atoms with Gasteiger partial charge >= 0.3 is 0 Å². The summed E-state index contributed by atoms with van der Waals surface area (Å²) >= 11 is 1.44. The van der Waals surface area contributed by atoms with E-state index in [2.05, 4.69) is 42.3 Å². The van der Waals surface area contributed by atoms with Gasteiger partial charge < -0.3 is 4.74 Å². The van der Waals surface area contributed by atoms with Crippen molar-refractivity contribution in [3.63, 3.8) is 0 Å². The minimum absolute atomic E-state index is 0.0894. The molecule has 1 aliphatic rings. The van der Waals surface area contributed by atoms with E-state index in [1.807, 2.05) is 5.38 Å². The molecule has 2 heterocycles. The lowest BCUT2D eigenvalue weighted by molar-refractivity contribution is -0.124. The smallest absolute Gasteiger partial charge is 0.255 e. The lowest BCUT2D eigenvalue weighted by Crippen LogP contribution is -2.26. The monoisotopic (exact) mass is 302 g/mol. The Morgan fingerprint density at radius 2 is 2.24 bits per heavy atom. The van der Waals surface area contributed by atoms with Crippen LogP contribution in [0.3, 0.4) is 0 Å². The van der Waals surface area contributed by atoms with Crippen LogP contribution >= 0.6 is 11.3 Å². The molecule has 1 aromatic heterocycles. The second-order valence-electron chi connectivity index (χ2n) is 5.33. The number of amides is 1. The summed E-state index contributed by atoms with van der Waals surface area (Å²) in [4.78, 5) is 16.5. The number of thiazole rings is 1. The number of benzene rings is 1. The van der Waals surface area contributed by atoms with Crippen molar-refractivity contribution in [2.24, 2.45) is 0 Å². The van der Waals surface area contributed by atoms with Gasteiger partial charge in [0.15, 0.2) is 5.13 Å². The first kappa shape index (κ1) is 14.2. The van der Waals surface area contributed by atoms with Crippen LogP contribution in [-0.4, -0.2) is 23.6 Å². The lowest BCUT2D eigenvalue weighted by atomic mass is 10.1. The van der Waals surface area contributed by atoms with Crippen molar-refractivity contribution in [3.05, 3.63) is 34.7 Å². The van der Waals surface area contributed by atoms with Gasteiger partial charge in [0, 0.05) is 17.6 Å². The second-order valence-corrected chi connectivity index (χ2v) is 6.19. The van der Waals surface area contributed by atoms with Gasteiger partial charge in [-0.1, -0.05) is 12.1 Å². The largest absolute Gasteiger partial charge is 0.368 e. The van der Waals surface area contributed by atoms with Crippen molar-refractivity contribution in [1.82, 2.24) is 4.98 Å². The molecule has 1 aromatic carbocycles. The summed E-state index contributed by atoms with van der Waals surface area (Å²) in [7, 11) is 0. The molecule has 0 unspecified atom stereocenters. The number of aromatic nitrogens is 1. The maximum absolute atomic E-state index is 12.0. The summed E-state index contributed by atoms with van der Waals surface area (Å²) in [6.45, 7) is 4.85. The number of anilines is 1. The quantitative estimate of drug-likeness (QED) is 0.943. The Kier molecular flexibility index (Phi) is 4.03. The van der Waals surface area contributed by atoms with E-state index in [0.717, 1.165) is 24.1 Å². The average molecular weight is 302 g/mol. The first-order chi connectivity index (χ1) is 10.1. The van der Waals surface area contributed by atoms with Crippen LogP contribution in [0.4, 0.5) is 5.13 Å². The van der Waals surface area contributed by atoms with Crippen molar-refractivity contribution in [1.29, 1.82) is 0 Å². The maximum Gasteiger partial charge on any atom is 0.255 e. The summed E-state index contributed by atoms with van der Waals surface area (Å²) in [6.07, 6.45) is 1.42. The fraction of sp³-hybridized carbons (Fsp3) is 0.375. The van der Waals surface area contributed by atoms with E-state index in [9.17, 15) is 4.79 Å². The van der Waals surface area contributed by atoms with E-state index in [4.69, 9.17) is 4.74 Å². The topological polar surface area (TPSA) is 51.2 Å². The highest BCUT2D eigenvalue weighted by Gasteiger charge is 2.24. The molecule has 1 N–H and O–H groups in total. The maximum atomic E-state index is 12.0. The average Bonchev–Trinajstić information content (AvgIpc) is 3.12. The van der Waals surface area contributed by atoms with E-state index in [1.54, 1.807) is 0 Å². The molecule has 2 aromatic rings. The third-order valence-electron chi connectivity index (χ3n) is 3.76. The number of hydrogen-bond donors (Lipinski definition) is 1. The van der Waals surface area contributed by atoms with E-state index in [0.29, 0.717) is 11.7 Å². The van der Waals surface area contributed by atoms with Gasteiger partial charge in [0.1, 0.15) is 6.10 Å². The molecule has 110 valence electrons. The molecule has 1 aliphatic heterocycles. The molecule has 3 rings (SSSR count). The predicted octanol–water partition coefficient (Wildman–Crippen LogP) is 3.54. The first-order valence-corrected chi connectivity index (χ1v) is 7.97. The summed E-state index contributed by atoms with van der Waals surface area (Å²) in [6, 6.07) is 6.27. The number of ether oxygens (including phenoxy) is 1. The van der Waals surface area contributed by atoms with Crippen LogP contribution in [0.1, 0.15) is 24.0 Å². The van der Waals surface area contributed by atoms with Gasteiger partial charge in [-0.15, -0.1) is 11.3 Å². The number of aryl methyl sites for hydroxylation is 2. The molecule has 0 radical (unpaired) electrons. The minimum atomic E-state index is -0.320. The van der Waals surface area contributed by atoms with Gasteiger partial charge in [-0.25, -0.2) is 4.98 Å². The number of rotatable bonds is 3. The molecule has 21 heavy (non-hydrogen) atoms. The van der Waals surface area contributed by atoms with Gasteiger partial charge in [-0.05, 0) is 43.9 Å². The molecule has 4 nitrogen and oxygen atoms in total. The van der Waals surface area contributed by atoms with Gasteiger partial charge in [-0.2, -0.15) is 0 Å². The molecule has 1 saturated heterocycles. The third-order valence-corrected chi connectivity index (χ3v) is 4.52. The van der Waals surface area contributed by atoms with Gasteiger partial charge in [0.25, 0.3) is 5.91 Å². The van der Waals surface area contributed by atoms with Crippen LogP contribution < -0.4 is 5.32 Å². The van der Waals surface area contributed by atoms with E-state index >= 15 is 0 Å². The molecular weight excluding hydrogens is 284 g/mol. The van der Waals surface area contributed by atoms with E-state index < -0.39 is 0 Å². The third kappa shape index (κ3) is 3.14. The van der Waals surface area contributed by atoms with Gasteiger partial charge in [0.2, 0.25) is 0 Å². The zero-order valence-electron chi connectivity index (χ0n) is 12.2. The molecule has 0 aliphatic carbocycles. The number of nitrogens with zero attached hydrogens (tertiary/aromatic N) is 1. The standard InChI is InChI=1S/C16H18N2O2S/c1-10-5-6-12(8-11(10)2)13-9-21-16(17-13)18-15(19)14-4-3-7-20-14/h5-6,8-9,14H,3-4,7H2,1-2H3,(H,17,18,19)/t14-/m0/s1. The summed E-state index contributed by atoms with van der Waals surface area (Å²) < 4.78 is 5.37. The van der Waals surface area contributed by atoms with E-state index in [1.165, 1.54) is 22.5 Å². The highest BCUT2D eigenvalue weighted by atomic mass is 32.1. The number of carbonyl (C=O) groups excluding carboxylic acids is 1. The van der Waals surface area contributed by atoms with E-state index in [-0.39, 0.29) is 12.0 Å². The fourth-order valence-electron chi connectivity index (χ4n) is 2.33. The van der Waals surface area contributed by atoms with Crippen molar-refractivity contribution in [2.45, 2.75) is 32.8 Å². The van der Waals surface area contributed by atoms with Crippen LogP contribution in [0.25, 0.3) is 11.3 Å². The Hall–Kier alpha value is -1.72. The molecule has 1 amide bonds. The fourth-order valence-corrected chi connectivity index (χ4v) is 3.06. The first-order valence-electron chi connectivity index (χ1n) is 7.09. The Morgan fingerprint density at radius 1 is 1.38 bits per heavy atom. The van der Waals surface area contributed by atoms with Crippen LogP contribution in [0.15, 0.2) is 23.6 Å². The van der Waals surface area contributed by atoms with Crippen LogP contribution in [0, 0.1) is 13.8 Å². The van der Waals surface area contributed by atoms with Crippen LogP contribution in [-0.2, 0) is 9.53 Å². The molecule has 0 bridgehead atoms. The number of carbonyl (C=O) groups is 1. The summed E-state index contributed by atoms with van der Waals surface area (Å²) in [5, 5.41) is 5.44.